The van der Waals surface area contributed by atoms with E-state index in [1.54, 1.807) is 29.5 Å². The number of nitrogens with zero attached hydrogens (tertiary/aromatic N) is 3. The van der Waals surface area contributed by atoms with Crippen LogP contribution in [0.25, 0.3) is 20.9 Å². The molecule has 2 aromatic heterocycles. The molecule has 0 saturated carbocycles. The average molecular weight is 713 g/mol. The lowest BCUT2D eigenvalue weighted by molar-refractivity contribution is -0.383. The summed E-state index contributed by atoms with van der Waals surface area (Å²) >= 11 is 3.17. The van der Waals surface area contributed by atoms with Crippen molar-refractivity contribution in [2.75, 3.05) is 77.0 Å². The number of rotatable bonds is 9. The molecule has 6 rings (SSSR count). The quantitative estimate of drug-likeness (QED) is 0.0823. The molecule has 0 atom stereocenters. The third kappa shape index (κ3) is 11.3. The maximum atomic E-state index is 11.9. The van der Waals surface area contributed by atoms with Crippen molar-refractivity contribution in [3.63, 3.8) is 0 Å². The van der Waals surface area contributed by atoms with E-state index in [-0.39, 0.29) is 18.8 Å². The molecule has 0 bridgehead atoms. The van der Waals surface area contributed by atoms with Gasteiger partial charge in [-0.1, -0.05) is 25.6 Å². The average Bonchev–Trinajstić information content (AvgIpc) is 3.78. The number of benzene rings is 2. The first kappa shape index (κ1) is 38.9. The van der Waals surface area contributed by atoms with E-state index in [2.05, 4.69) is 20.4 Å². The lowest BCUT2D eigenvalue weighted by Gasteiger charge is -2.35. The van der Waals surface area contributed by atoms with E-state index in [1.807, 2.05) is 61.3 Å². The van der Waals surface area contributed by atoms with Crippen LogP contribution in [0.15, 0.2) is 71.4 Å². The summed E-state index contributed by atoms with van der Waals surface area (Å²) in [5.41, 5.74) is 8.87. The number of carbonyl (C=O) groups excluding carboxylic acids is 2. The molecule has 264 valence electrons. The topological polar surface area (TPSA) is 173 Å². The van der Waals surface area contributed by atoms with E-state index < -0.39 is 17.1 Å². The molecule has 4 heterocycles. The standard InChI is InChI=1S/C16H17N3O4S.C16H19N3O2S.CH4O.CH4/c1-18-8-11(9-18)10-23-16(20)17-13-7-12(15-3-2-6-24-15)4-5-14(13)19(21)22;1-19-8-11(9-19)10-21-16(20)18-14-7-12(4-5-13(14)17)15-3-2-6-22-15;1-2;/h2-7,11H,8-10H2,1H3,(H,17,20);2-7,11H,8-10,17H2,1H3,(H,18,20);2H,1H3;1H4. The Hall–Kier alpha value is -4.54. The van der Waals surface area contributed by atoms with E-state index in [0.29, 0.717) is 36.4 Å². The fraction of sp³-hybridized carbons (Fsp3) is 0.353. The summed E-state index contributed by atoms with van der Waals surface area (Å²) < 4.78 is 10.4. The van der Waals surface area contributed by atoms with Gasteiger partial charge in [-0.3, -0.25) is 20.7 Å². The van der Waals surface area contributed by atoms with Gasteiger partial charge in [-0.05, 0) is 72.4 Å². The third-order valence-corrected chi connectivity index (χ3v) is 9.35. The summed E-state index contributed by atoms with van der Waals surface area (Å²) in [5, 5.41) is 27.3. The first-order valence-corrected chi connectivity index (χ1v) is 16.9. The van der Waals surface area contributed by atoms with Crippen LogP contribution < -0.4 is 16.4 Å². The molecular weight excluding hydrogens is 669 g/mol. The van der Waals surface area contributed by atoms with Crippen molar-refractivity contribution in [1.29, 1.82) is 0 Å². The number of amides is 2. The van der Waals surface area contributed by atoms with Gasteiger partial charge in [0.25, 0.3) is 5.69 Å². The number of nitro benzene ring substituents is 1. The number of anilines is 3. The lowest BCUT2D eigenvalue weighted by Crippen LogP contribution is -2.46. The largest absolute Gasteiger partial charge is 0.449 e. The Labute approximate surface area is 294 Å². The van der Waals surface area contributed by atoms with Crippen LogP contribution in [0.3, 0.4) is 0 Å². The molecule has 0 spiro atoms. The highest BCUT2D eigenvalue weighted by Gasteiger charge is 2.26. The molecule has 2 fully saturated rings. The highest BCUT2D eigenvalue weighted by Crippen LogP contribution is 2.33. The van der Waals surface area contributed by atoms with Gasteiger partial charge in [0.2, 0.25) is 0 Å². The second-order valence-corrected chi connectivity index (χ2v) is 13.3. The van der Waals surface area contributed by atoms with E-state index in [4.69, 9.17) is 20.3 Å². The van der Waals surface area contributed by atoms with Gasteiger partial charge in [0.15, 0.2) is 0 Å². The maximum Gasteiger partial charge on any atom is 0.411 e. The predicted octanol–water partition coefficient (Wildman–Crippen LogP) is 6.79. The molecule has 0 radical (unpaired) electrons. The van der Waals surface area contributed by atoms with Crippen LogP contribution in [-0.4, -0.2) is 92.6 Å². The molecule has 4 aromatic rings. The van der Waals surface area contributed by atoms with Crippen molar-refractivity contribution in [2.24, 2.45) is 11.8 Å². The number of nitrogen functional groups attached to an aromatic ring is 1. The number of ether oxygens (including phenoxy) is 2. The number of nitrogens with one attached hydrogen (secondary N) is 2. The number of likely N-dealkylation sites (tertiary alicyclic amines) is 2. The molecule has 49 heavy (non-hydrogen) atoms. The molecule has 13 nitrogen and oxygen atoms in total. The van der Waals surface area contributed by atoms with Gasteiger partial charge in [-0.15, -0.1) is 22.7 Å². The molecule has 2 amide bonds. The van der Waals surface area contributed by atoms with Crippen molar-refractivity contribution in [3.8, 4) is 20.9 Å². The Kier molecular flexibility index (Phi) is 15.0. The number of thiophene rings is 2. The molecule has 15 heteroatoms. The highest BCUT2D eigenvalue weighted by atomic mass is 32.1. The van der Waals surface area contributed by atoms with Crippen molar-refractivity contribution in [1.82, 2.24) is 9.80 Å². The smallest absolute Gasteiger partial charge is 0.411 e. The number of nitrogens with two attached hydrogens (primary N) is 1. The summed E-state index contributed by atoms with van der Waals surface area (Å²) in [6, 6.07) is 18.1. The molecule has 2 aliphatic heterocycles. The fourth-order valence-corrected chi connectivity index (χ4v) is 6.65. The number of hydrogen-bond donors (Lipinski definition) is 4. The molecule has 2 aromatic carbocycles. The Bertz CT molecular complexity index is 1640. The van der Waals surface area contributed by atoms with Crippen LogP contribution in [0.2, 0.25) is 0 Å². The second kappa shape index (κ2) is 18.9. The maximum absolute atomic E-state index is 11.9. The molecular formula is C34H44N6O7S2. The Morgan fingerprint density at radius 3 is 1.71 bits per heavy atom. The van der Waals surface area contributed by atoms with Crippen molar-refractivity contribution in [2.45, 2.75) is 7.43 Å². The number of aliphatic hydroxyl groups excluding tert-OH is 1. The van der Waals surface area contributed by atoms with Gasteiger partial charge in [-0.25, -0.2) is 9.59 Å². The van der Waals surface area contributed by atoms with Crippen LogP contribution in [0.1, 0.15) is 7.43 Å². The highest BCUT2D eigenvalue weighted by molar-refractivity contribution is 7.13. The first-order chi connectivity index (χ1) is 23.1. The van der Waals surface area contributed by atoms with Gasteiger partial charge < -0.3 is 30.1 Å². The van der Waals surface area contributed by atoms with Gasteiger partial charge in [0.05, 0.1) is 29.5 Å². The van der Waals surface area contributed by atoms with Gasteiger partial charge >= 0.3 is 12.2 Å². The molecule has 0 aliphatic carbocycles. The summed E-state index contributed by atoms with van der Waals surface area (Å²) in [7, 11) is 5.04. The minimum atomic E-state index is -0.670. The number of nitro groups is 1. The first-order valence-electron chi connectivity index (χ1n) is 15.1. The van der Waals surface area contributed by atoms with Crippen molar-refractivity contribution < 1.29 is 29.1 Å². The van der Waals surface area contributed by atoms with E-state index in [0.717, 1.165) is 54.2 Å². The number of carbonyl (C=O) groups is 2. The van der Waals surface area contributed by atoms with Gasteiger partial charge in [-0.2, -0.15) is 0 Å². The SMILES string of the molecule is C.CN1CC(COC(=O)Nc2cc(-c3cccs3)ccc2N)C1.CN1CC(COC(=O)Nc2cc(-c3cccs3)ccc2[N+](=O)[O-])C1.CO. The van der Waals surface area contributed by atoms with E-state index >= 15 is 0 Å². The summed E-state index contributed by atoms with van der Waals surface area (Å²) in [5.74, 6) is 0.763. The molecule has 0 unspecified atom stereocenters. The normalized spacial score (nSPS) is 14.3. The van der Waals surface area contributed by atoms with Crippen LogP contribution in [-0.2, 0) is 9.47 Å². The summed E-state index contributed by atoms with van der Waals surface area (Å²) in [4.78, 5) is 40.9. The molecule has 5 N–H and O–H groups in total. The van der Waals surface area contributed by atoms with E-state index in [1.165, 1.54) is 17.4 Å². The van der Waals surface area contributed by atoms with Crippen molar-refractivity contribution >= 4 is 57.6 Å². The van der Waals surface area contributed by atoms with Crippen LogP contribution >= 0.6 is 22.7 Å². The second-order valence-electron chi connectivity index (χ2n) is 11.4. The zero-order valence-electron chi connectivity index (χ0n) is 27.0. The Morgan fingerprint density at radius 2 is 1.29 bits per heavy atom. The number of hydrogen-bond acceptors (Lipinski definition) is 12. The van der Waals surface area contributed by atoms with Crippen LogP contribution in [0.5, 0.6) is 0 Å². The van der Waals surface area contributed by atoms with Crippen LogP contribution in [0, 0.1) is 22.0 Å². The summed E-state index contributed by atoms with van der Waals surface area (Å²) in [6.07, 6.45) is -1.12. The molecule has 2 saturated heterocycles. The minimum absolute atomic E-state index is 0. The monoisotopic (exact) mass is 712 g/mol. The van der Waals surface area contributed by atoms with E-state index in [9.17, 15) is 19.7 Å². The lowest BCUT2D eigenvalue weighted by atomic mass is 10.0. The molecule has 2 aliphatic rings. The minimum Gasteiger partial charge on any atom is -0.449 e. The zero-order chi connectivity index (χ0) is 34.6. The van der Waals surface area contributed by atoms with Crippen LogP contribution in [0.4, 0.5) is 32.3 Å². The van der Waals surface area contributed by atoms with Gasteiger partial charge in [0, 0.05) is 60.9 Å². The fourth-order valence-electron chi connectivity index (χ4n) is 5.20. The number of aliphatic hydroxyl groups is 1. The van der Waals surface area contributed by atoms with Gasteiger partial charge in [0.1, 0.15) is 5.69 Å². The third-order valence-electron chi connectivity index (χ3n) is 7.51. The zero-order valence-corrected chi connectivity index (χ0v) is 28.6. The Morgan fingerprint density at radius 1 is 0.837 bits per heavy atom. The summed E-state index contributed by atoms with van der Waals surface area (Å²) in [6.45, 7) is 4.49. The van der Waals surface area contributed by atoms with Crippen molar-refractivity contribution in [3.05, 3.63) is 81.5 Å². The Balaban J connectivity index is 0.000000249. The predicted molar refractivity (Wildman–Crippen MR) is 197 cm³/mol.